The van der Waals surface area contributed by atoms with Crippen molar-refractivity contribution >= 4 is 0 Å². The van der Waals surface area contributed by atoms with E-state index in [4.69, 9.17) is 0 Å². The first kappa shape index (κ1) is 19.9. The molecule has 156 valence electrons. The number of aryl methyl sites for hydroxylation is 2. The van der Waals surface area contributed by atoms with Crippen LogP contribution in [0, 0.1) is 18.7 Å². The van der Waals surface area contributed by atoms with E-state index >= 15 is 0 Å². The Morgan fingerprint density at radius 2 is 2.00 bits per heavy atom. The molecule has 2 atom stereocenters. The fourth-order valence-electron chi connectivity index (χ4n) is 4.52. The fraction of sp³-hybridized carbons (Fsp3) is 0.500. The van der Waals surface area contributed by atoms with E-state index in [2.05, 4.69) is 9.88 Å². The van der Waals surface area contributed by atoms with Gasteiger partial charge in [0.15, 0.2) is 0 Å². The maximum Gasteiger partial charge on any atom is 0.416 e. The first-order valence-electron chi connectivity index (χ1n) is 9.50. The average Bonchev–Trinajstić information content (AvgIpc) is 3.20. The highest BCUT2D eigenvalue weighted by molar-refractivity contribution is 5.40. The lowest BCUT2D eigenvalue weighted by Crippen LogP contribution is -2.33. The van der Waals surface area contributed by atoms with Crippen molar-refractivity contribution in [2.75, 3.05) is 19.6 Å². The third kappa shape index (κ3) is 3.63. The number of aromatic amines is 1. The van der Waals surface area contributed by atoms with Gasteiger partial charge in [0.1, 0.15) is 5.82 Å². The van der Waals surface area contributed by atoms with Gasteiger partial charge in [-0.1, -0.05) is 6.07 Å². The molecular formula is C20H21F4N3O2. The lowest BCUT2D eigenvalue weighted by Gasteiger charge is -2.22. The first-order chi connectivity index (χ1) is 13.6. The molecule has 0 bridgehead atoms. The average molecular weight is 411 g/mol. The molecule has 5 nitrogen and oxygen atoms in total. The van der Waals surface area contributed by atoms with Crippen LogP contribution in [0.4, 0.5) is 17.6 Å². The maximum atomic E-state index is 14.4. The summed E-state index contributed by atoms with van der Waals surface area (Å²) >= 11 is 0. The molecule has 2 fully saturated rings. The molecule has 2 heterocycles. The van der Waals surface area contributed by atoms with Crippen LogP contribution in [0.25, 0.3) is 0 Å². The molecule has 29 heavy (non-hydrogen) atoms. The van der Waals surface area contributed by atoms with Crippen LogP contribution in [0.1, 0.15) is 29.5 Å². The second-order valence-corrected chi connectivity index (χ2v) is 8.10. The van der Waals surface area contributed by atoms with E-state index in [0.29, 0.717) is 43.2 Å². The molecule has 1 N–H and O–H groups in total. The van der Waals surface area contributed by atoms with Gasteiger partial charge in [-0.15, -0.1) is 0 Å². The van der Waals surface area contributed by atoms with Crippen molar-refractivity contribution < 1.29 is 17.6 Å². The predicted octanol–water partition coefficient (Wildman–Crippen LogP) is 2.67. The minimum Gasteiger partial charge on any atom is -0.302 e. The number of rotatable bonds is 5. The van der Waals surface area contributed by atoms with Crippen molar-refractivity contribution in [1.29, 1.82) is 0 Å². The number of nitrogens with zero attached hydrogens (tertiary/aromatic N) is 2. The van der Waals surface area contributed by atoms with Crippen LogP contribution in [-0.2, 0) is 18.1 Å². The van der Waals surface area contributed by atoms with Crippen molar-refractivity contribution in [3.8, 4) is 0 Å². The van der Waals surface area contributed by atoms with Crippen molar-refractivity contribution in [2.24, 2.45) is 5.92 Å². The Labute approximate surface area is 164 Å². The van der Waals surface area contributed by atoms with Crippen molar-refractivity contribution in [3.05, 3.63) is 67.7 Å². The van der Waals surface area contributed by atoms with Crippen molar-refractivity contribution in [2.45, 2.75) is 37.9 Å². The van der Waals surface area contributed by atoms with E-state index < -0.39 is 34.2 Å². The first-order valence-corrected chi connectivity index (χ1v) is 9.50. The van der Waals surface area contributed by atoms with Crippen LogP contribution in [0.2, 0.25) is 0 Å². The fourth-order valence-corrected chi connectivity index (χ4v) is 4.52. The number of aromatic nitrogens is 2. The van der Waals surface area contributed by atoms with Crippen LogP contribution >= 0.6 is 0 Å². The SMILES string of the molecule is Cc1cn(CCCN2C[C@@H]3C[C@]3(c3ccc(C(F)(F)F)cc3F)C2)c(=O)[nH]c1=O. The van der Waals surface area contributed by atoms with Crippen molar-refractivity contribution in [1.82, 2.24) is 14.5 Å². The normalized spacial score (nSPS) is 24.0. The summed E-state index contributed by atoms with van der Waals surface area (Å²) in [6.45, 7) is 4.12. The second kappa shape index (κ2) is 6.83. The molecule has 0 amide bonds. The van der Waals surface area contributed by atoms with Gasteiger partial charge in [-0.2, -0.15) is 13.2 Å². The zero-order valence-corrected chi connectivity index (χ0v) is 15.9. The number of halogens is 4. The highest BCUT2D eigenvalue weighted by atomic mass is 19.4. The van der Waals surface area contributed by atoms with Gasteiger partial charge in [0.25, 0.3) is 5.56 Å². The Morgan fingerprint density at radius 1 is 1.24 bits per heavy atom. The number of nitrogens with one attached hydrogen (secondary N) is 1. The monoisotopic (exact) mass is 411 g/mol. The van der Waals surface area contributed by atoms with Gasteiger partial charge in [-0.3, -0.25) is 9.78 Å². The van der Waals surface area contributed by atoms with E-state index in [0.717, 1.165) is 19.0 Å². The lowest BCUT2D eigenvalue weighted by atomic mass is 9.93. The Morgan fingerprint density at radius 3 is 2.69 bits per heavy atom. The molecule has 1 aromatic heterocycles. The van der Waals surface area contributed by atoms with Crippen LogP contribution in [-0.4, -0.2) is 34.1 Å². The summed E-state index contributed by atoms with van der Waals surface area (Å²) in [5.74, 6) is -0.550. The molecular weight excluding hydrogens is 390 g/mol. The summed E-state index contributed by atoms with van der Waals surface area (Å²) in [6, 6.07) is 2.83. The lowest BCUT2D eigenvalue weighted by molar-refractivity contribution is -0.137. The largest absolute Gasteiger partial charge is 0.416 e. The second-order valence-electron chi connectivity index (χ2n) is 8.10. The summed E-state index contributed by atoms with van der Waals surface area (Å²) in [4.78, 5) is 27.7. The van der Waals surface area contributed by atoms with Gasteiger partial charge in [-0.25, -0.2) is 9.18 Å². The molecule has 1 aromatic carbocycles. The van der Waals surface area contributed by atoms with Crippen molar-refractivity contribution in [3.63, 3.8) is 0 Å². The number of hydrogen-bond acceptors (Lipinski definition) is 3. The minimum atomic E-state index is -4.56. The summed E-state index contributed by atoms with van der Waals surface area (Å²) < 4.78 is 54.2. The Bertz CT molecular complexity index is 1060. The molecule has 0 radical (unpaired) electrons. The molecule has 2 aromatic rings. The summed E-state index contributed by atoms with van der Waals surface area (Å²) in [5.41, 5.74) is -1.39. The van der Waals surface area contributed by atoms with Gasteiger partial charge >= 0.3 is 11.9 Å². The number of H-pyrrole nitrogens is 1. The van der Waals surface area contributed by atoms with Crippen LogP contribution in [0.5, 0.6) is 0 Å². The number of piperidine rings is 1. The third-order valence-electron chi connectivity index (χ3n) is 6.11. The van der Waals surface area contributed by atoms with E-state index in [1.165, 1.54) is 16.8 Å². The highest BCUT2D eigenvalue weighted by Crippen LogP contribution is 2.59. The Balaban J connectivity index is 1.39. The van der Waals surface area contributed by atoms with Crippen LogP contribution < -0.4 is 11.2 Å². The number of likely N-dealkylation sites (tertiary alicyclic amines) is 1. The predicted molar refractivity (Wildman–Crippen MR) is 98.3 cm³/mol. The van der Waals surface area contributed by atoms with Gasteiger partial charge in [0.2, 0.25) is 0 Å². The number of hydrogen-bond donors (Lipinski definition) is 1. The van der Waals surface area contributed by atoms with Gasteiger partial charge in [0.05, 0.1) is 5.56 Å². The quantitative estimate of drug-likeness (QED) is 0.770. The molecule has 9 heteroatoms. The van der Waals surface area contributed by atoms with Gasteiger partial charge < -0.3 is 9.47 Å². The summed E-state index contributed by atoms with van der Waals surface area (Å²) in [7, 11) is 0. The molecule has 1 aliphatic carbocycles. The van der Waals surface area contributed by atoms with E-state index in [-0.39, 0.29) is 5.92 Å². The smallest absolute Gasteiger partial charge is 0.302 e. The molecule has 0 spiro atoms. The topological polar surface area (TPSA) is 58.1 Å². The van der Waals surface area contributed by atoms with E-state index in [1.807, 2.05) is 0 Å². The zero-order chi connectivity index (χ0) is 21.0. The molecule has 1 aliphatic heterocycles. The standard InChI is InChI=1S/C20H21F4N3O2/c1-12-9-27(18(29)25-17(12)28)6-2-5-26-10-14-8-19(14,11-26)15-4-3-13(7-16(15)21)20(22,23)24/h3-4,7,9,14H,2,5-6,8,10-11H2,1H3,(H,25,28,29)/t14-,19-/m0/s1. The molecule has 0 unspecified atom stereocenters. The molecule has 1 saturated carbocycles. The zero-order valence-electron chi connectivity index (χ0n) is 15.9. The third-order valence-corrected chi connectivity index (χ3v) is 6.11. The van der Waals surface area contributed by atoms with Gasteiger partial charge in [-0.05, 0) is 49.9 Å². The molecule has 1 saturated heterocycles. The van der Waals surface area contributed by atoms with E-state index in [1.54, 1.807) is 6.92 Å². The van der Waals surface area contributed by atoms with Crippen LogP contribution in [0.15, 0.2) is 34.0 Å². The van der Waals surface area contributed by atoms with E-state index in [9.17, 15) is 27.2 Å². The minimum absolute atomic E-state index is 0.242. The summed E-state index contributed by atoms with van der Waals surface area (Å²) in [6.07, 6.45) is -1.57. The molecule has 2 aliphatic rings. The van der Waals surface area contributed by atoms with Crippen LogP contribution in [0.3, 0.4) is 0 Å². The molecule has 4 rings (SSSR count). The Kier molecular flexibility index (Phi) is 4.68. The number of alkyl halides is 3. The number of benzene rings is 1. The maximum absolute atomic E-state index is 14.4. The summed E-state index contributed by atoms with van der Waals surface area (Å²) in [5, 5.41) is 0. The van der Waals surface area contributed by atoms with Gasteiger partial charge in [0, 0.05) is 36.8 Å². The number of fused-ring (bicyclic) bond motifs is 1. The highest BCUT2D eigenvalue weighted by Gasteiger charge is 2.61. The Hall–Kier alpha value is -2.42.